The minimum atomic E-state index is 0.939. The fraction of sp³-hybridized carbons (Fsp3) is 0.167. The number of rotatable bonds is 4. The highest BCUT2D eigenvalue weighted by Gasteiger charge is 2.10. The van der Waals surface area contributed by atoms with Crippen molar-refractivity contribution < 1.29 is 0 Å². The van der Waals surface area contributed by atoms with Gasteiger partial charge in [-0.2, -0.15) is 0 Å². The van der Waals surface area contributed by atoms with E-state index < -0.39 is 0 Å². The van der Waals surface area contributed by atoms with Gasteiger partial charge in [-0.3, -0.25) is 4.98 Å². The fourth-order valence-corrected chi connectivity index (χ4v) is 2.94. The quantitative estimate of drug-likeness (QED) is 0.507. The Labute approximate surface area is 156 Å². The van der Waals surface area contributed by atoms with Crippen LogP contribution in [0.4, 0.5) is 0 Å². The van der Waals surface area contributed by atoms with Crippen molar-refractivity contribution in [1.82, 2.24) is 9.97 Å². The summed E-state index contributed by atoms with van der Waals surface area (Å²) in [6.07, 6.45) is 7.90. The summed E-state index contributed by atoms with van der Waals surface area (Å²) in [6, 6.07) is 16.8. The van der Waals surface area contributed by atoms with Crippen molar-refractivity contribution >= 4 is 5.57 Å². The van der Waals surface area contributed by atoms with Crippen LogP contribution in [0.2, 0.25) is 0 Å². The highest BCUT2D eigenvalue weighted by atomic mass is 14.7. The number of hydrogen-bond acceptors (Lipinski definition) is 2. The summed E-state index contributed by atoms with van der Waals surface area (Å²) in [7, 11) is 0. The largest absolute Gasteiger partial charge is 0.264 e. The molecule has 2 heteroatoms. The van der Waals surface area contributed by atoms with Crippen molar-refractivity contribution in [2.45, 2.75) is 27.7 Å². The lowest BCUT2D eigenvalue weighted by Crippen LogP contribution is -1.94. The van der Waals surface area contributed by atoms with Crippen molar-refractivity contribution in [3.05, 3.63) is 89.8 Å². The molecule has 0 aliphatic heterocycles. The molecule has 26 heavy (non-hydrogen) atoms. The topological polar surface area (TPSA) is 25.8 Å². The summed E-state index contributed by atoms with van der Waals surface area (Å²) in [5.74, 6) is 0. The van der Waals surface area contributed by atoms with Crippen molar-refractivity contribution in [3.63, 3.8) is 0 Å². The first-order valence-corrected chi connectivity index (χ1v) is 8.88. The van der Waals surface area contributed by atoms with Gasteiger partial charge in [0.05, 0.1) is 11.4 Å². The van der Waals surface area contributed by atoms with Crippen LogP contribution in [0.3, 0.4) is 0 Å². The molecule has 0 amide bonds. The van der Waals surface area contributed by atoms with Gasteiger partial charge in [0, 0.05) is 23.5 Å². The van der Waals surface area contributed by atoms with Crippen LogP contribution in [0.5, 0.6) is 0 Å². The Hall–Kier alpha value is -3.00. The van der Waals surface area contributed by atoms with E-state index in [0.717, 1.165) is 22.5 Å². The van der Waals surface area contributed by atoms with Crippen molar-refractivity contribution in [2.75, 3.05) is 0 Å². The van der Waals surface area contributed by atoms with E-state index in [1.54, 1.807) is 6.20 Å². The molecule has 2 heterocycles. The molecule has 0 aliphatic rings. The molecule has 0 aliphatic carbocycles. The predicted octanol–water partition coefficient (Wildman–Crippen LogP) is 6.49. The van der Waals surface area contributed by atoms with Gasteiger partial charge in [0.1, 0.15) is 0 Å². The number of pyridine rings is 2. The Balaban J connectivity index is 2.23. The Kier molecular flexibility index (Phi) is 5.43. The highest BCUT2D eigenvalue weighted by molar-refractivity contribution is 5.81. The van der Waals surface area contributed by atoms with E-state index in [0.29, 0.717) is 0 Å². The third-order valence-electron chi connectivity index (χ3n) is 4.31. The zero-order valence-corrected chi connectivity index (χ0v) is 15.8. The van der Waals surface area contributed by atoms with Gasteiger partial charge in [-0.25, -0.2) is 4.98 Å². The van der Waals surface area contributed by atoms with E-state index in [1.807, 2.05) is 19.2 Å². The van der Waals surface area contributed by atoms with E-state index in [9.17, 15) is 0 Å². The van der Waals surface area contributed by atoms with Crippen LogP contribution in [0, 0.1) is 6.92 Å². The number of allylic oxidation sites excluding steroid dienone is 4. The molecule has 0 unspecified atom stereocenters. The van der Waals surface area contributed by atoms with Gasteiger partial charge < -0.3 is 0 Å². The lowest BCUT2D eigenvalue weighted by molar-refractivity contribution is 1.27. The fourth-order valence-electron chi connectivity index (χ4n) is 2.94. The second-order valence-corrected chi connectivity index (χ2v) is 6.65. The van der Waals surface area contributed by atoms with Crippen LogP contribution in [-0.4, -0.2) is 9.97 Å². The lowest BCUT2D eigenvalue weighted by Gasteiger charge is -2.12. The first kappa shape index (κ1) is 17.8. The van der Waals surface area contributed by atoms with Crippen molar-refractivity contribution in [1.29, 1.82) is 0 Å². The minimum absolute atomic E-state index is 0.939. The van der Waals surface area contributed by atoms with Crippen LogP contribution < -0.4 is 0 Å². The molecule has 0 saturated heterocycles. The predicted molar refractivity (Wildman–Crippen MR) is 111 cm³/mol. The van der Waals surface area contributed by atoms with Crippen LogP contribution in [0.1, 0.15) is 31.9 Å². The van der Waals surface area contributed by atoms with E-state index in [2.05, 4.69) is 80.4 Å². The number of benzene rings is 1. The monoisotopic (exact) mass is 340 g/mol. The van der Waals surface area contributed by atoms with Crippen LogP contribution in [0.15, 0.2) is 78.6 Å². The molecule has 0 bridgehead atoms. The normalized spacial score (nSPS) is 10.9. The molecular weight excluding hydrogens is 316 g/mol. The molecule has 2 nitrogen and oxygen atoms in total. The molecule has 0 fully saturated rings. The van der Waals surface area contributed by atoms with Crippen LogP contribution >= 0.6 is 0 Å². The lowest BCUT2D eigenvalue weighted by atomic mass is 9.97. The molecule has 0 atom stereocenters. The molecule has 0 saturated carbocycles. The first-order valence-electron chi connectivity index (χ1n) is 8.88. The summed E-state index contributed by atoms with van der Waals surface area (Å²) in [4.78, 5) is 9.17. The number of nitrogens with zero attached hydrogens (tertiary/aromatic N) is 2. The second-order valence-electron chi connectivity index (χ2n) is 6.65. The average molecular weight is 340 g/mol. The number of hydrogen-bond donors (Lipinski definition) is 0. The number of aryl methyl sites for hydroxylation is 1. The number of aromatic nitrogens is 2. The molecule has 0 spiro atoms. The van der Waals surface area contributed by atoms with E-state index in [1.165, 1.54) is 22.3 Å². The highest BCUT2D eigenvalue weighted by Crippen LogP contribution is 2.29. The zero-order valence-electron chi connectivity index (χ0n) is 15.8. The van der Waals surface area contributed by atoms with E-state index in [4.69, 9.17) is 4.98 Å². The average Bonchev–Trinajstić information content (AvgIpc) is 2.66. The SMILES string of the molecule is C/C=C\C(=C(C)C)c1cc(-c2ccc(C)cc2)nc(-c2cccnc2)c1. The van der Waals surface area contributed by atoms with Crippen LogP contribution in [-0.2, 0) is 0 Å². The smallest absolute Gasteiger partial charge is 0.0731 e. The third-order valence-corrected chi connectivity index (χ3v) is 4.31. The van der Waals surface area contributed by atoms with Gasteiger partial charge in [0.15, 0.2) is 0 Å². The molecule has 3 rings (SSSR count). The molecular formula is C24H24N2. The first-order chi connectivity index (χ1) is 12.6. The Morgan fingerprint density at radius 2 is 1.62 bits per heavy atom. The molecule has 0 radical (unpaired) electrons. The van der Waals surface area contributed by atoms with Gasteiger partial charge >= 0.3 is 0 Å². The Morgan fingerprint density at radius 3 is 2.19 bits per heavy atom. The third kappa shape index (κ3) is 3.97. The van der Waals surface area contributed by atoms with Crippen LogP contribution in [0.25, 0.3) is 28.1 Å². The molecule has 1 aromatic carbocycles. The van der Waals surface area contributed by atoms with Gasteiger partial charge in [-0.05, 0) is 63.1 Å². The van der Waals surface area contributed by atoms with Gasteiger partial charge in [0.2, 0.25) is 0 Å². The van der Waals surface area contributed by atoms with Gasteiger partial charge in [-0.1, -0.05) is 47.6 Å². The second kappa shape index (κ2) is 7.92. The maximum atomic E-state index is 4.92. The molecule has 0 N–H and O–H groups in total. The Morgan fingerprint density at radius 1 is 0.923 bits per heavy atom. The summed E-state index contributed by atoms with van der Waals surface area (Å²) in [5.41, 5.74) is 8.99. The molecule has 130 valence electrons. The van der Waals surface area contributed by atoms with E-state index in [-0.39, 0.29) is 0 Å². The van der Waals surface area contributed by atoms with Gasteiger partial charge in [-0.15, -0.1) is 0 Å². The maximum Gasteiger partial charge on any atom is 0.0731 e. The van der Waals surface area contributed by atoms with Gasteiger partial charge in [0.25, 0.3) is 0 Å². The summed E-state index contributed by atoms with van der Waals surface area (Å²) >= 11 is 0. The summed E-state index contributed by atoms with van der Waals surface area (Å²) in [5, 5.41) is 0. The van der Waals surface area contributed by atoms with Crippen molar-refractivity contribution in [3.8, 4) is 22.5 Å². The molecule has 3 aromatic rings. The summed E-state index contributed by atoms with van der Waals surface area (Å²) < 4.78 is 0. The minimum Gasteiger partial charge on any atom is -0.264 e. The standard InChI is InChI=1S/C24H24N2/c1-5-7-22(17(2)3)21-14-23(19-11-9-18(4)10-12-19)26-24(15-21)20-8-6-13-25-16-20/h5-16H,1-4H3/b7-5-. The Bertz CT molecular complexity index is 945. The zero-order chi connectivity index (χ0) is 18.5. The van der Waals surface area contributed by atoms with E-state index >= 15 is 0 Å². The molecule has 2 aromatic heterocycles. The summed E-state index contributed by atoms with van der Waals surface area (Å²) in [6.45, 7) is 8.44. The van der Waals surface area contributed by atoms with Crippen molar-refractivity contribution in [2.24, 2.45) is 0 Å². The maximum absolute atomic E-state index is 4.92.